The first-order valence-electron chi connectivity index (χ1n) is 7.44. The maximum absolute atomic E-state index is 13.5. The smallest absolute Gasteiger partial charge is 0.302 e. The van der Waals surface area contributed by atoms with Crippen molar-refractivity contribution in [2.75, 3.05) is 26.5 Å². The van der Waals surface area contributed by atoms with Crippen LogP contribution >= 0.6 is 19.3 Å². The fourth-order valence-corrected chi connectivity index (χ4v) is 5.87. The molecule has 0 aromatic heterocycles. The first-order chi connectivity index (χ1) is 11.2. The molecule has 0 radical (unpaired) electrons. The summed E-state index contributed by atoms with van der Waals surface area (Å²) in [6.07, 6.45) is 0. The molecule has 2 aromatic carbocycles. The van der Waals surface area contributed by atoms with E-state index in [-0.39, 0.29) is 0 Å². The molecule has 3 rings (SSSR count). The average Bonchev–Trinajstić information content (AvgIpc) is 2.83. The predicted molar refractivity (Wildman–Crippen MR) is 94.8 cm³/mol. The molecule has 0 fully saturated rings. The standard InChI is InChI=1S/C17H20NO3PS/c1-20-15-8-9-17-14(12-15)13-18(10-11-23-17)22(19,21-2)16-6-4-3-5-7-16/h3-9,12H,10-11,13H2,1-2H3/t22-/m1/s1. The summed E-state index contributed by atoms with van der Waals surface area (Å²) in [6, 6.07) is 15.5. The molecule has 4 nitrogen and oxygen atoms in total. The number of nitrogens with zero attached hydrogens (tertiary/aromatic N) is 1. The summed E-state index contributed by atoms with van der Waals surface area (Å²) in [7, 11) is 0.130. The number of methoxy groups -OCH3 is 1. The molecule has 0 N–H and O–H groups in total. The predicted octanol–water partition coefficient (Wildman–Crippen LogP) is 3.77. The Bertz CT molecular complexity index is 723. The fourth-order valence-electron chi connectivity index (χ4n) is 2.71. The zero-order valence-electron chi connectivity index (χ0n) is 13.3. The van der Waals surface area contributed by atoms with Crippen molar-refractivity contribution in [2.24, 2.45) is 0 Å². The molecular weight excluding hydrogens is 329 g/mol. The van der Waals surface area contributed by atoms with Crippen molar-refractivity contribution < 1.29 is 13.8 Å². The molecule has 1 aliphatic heterocycles. The van der Waals surface area contributed by atoms with E-state index in [9.17, 15) is 4.57 Å². The number of ether oxygens (including phenoxy) is 1. The normalized spacial score (nSPS) is 17.8. The van der Waals surface area contributed by atoms with E-state index in [1.807, 2.05) is 47.1 Å². The van der Waals surface area contributed by atoms with Crippen molar-refractivity contribution in [1.82, 2.24) is 4.67 Å². The molecule has 0 bridgehead atoms. The summed E-state index contributed by atoms with van der Waals surface area (Å²) < 4.78 is 26.3. The van der Waals surface area contributed by atoms with Crippen LogP contribution in [0.25, 0.3) is 0 Å². The Kier molecular flexibility index (Phi) is 5.12. The van der Waals surface area contributed by atoms with Crippen molar-refractivity contribution in [3.63, 3.8) is 0 Å². The minimum atomic E-state index is -3.06. The van der Waals surface area contributed by atoms with Crippen LogP contribution in [0.4, 0.5) is 0 Å². The van der Waals surface area contributed by atoms with E-state index >= 15 is 0 Å². The van der Waals surface area contributed by atoms with Gasteiger partial charge in [-0.15, -0.1) is 11.8 Å². The molecule has 1 heterocycles. The van der Waals surface area contributed by atoms with Gasteiger partial charge in [0.2, 0.25) is 0 Å². The lowest BCUT2D eigenvalue weighted by molar-refractivity contribution is 0.318. The van der Waals surface area contributed by atoms with Gasteiger partial charge in [-0.05, 0) is 35.9 Å². The Morgan fingerprint density at radius 1 is 1.13 bits per heavy atom. The lowest BCUT2D eigenvalue weighted by Gasteiger charge is -2.29. The minimum Gasteiger partial charge on any atom is -0.497 e. The molecular formula is C17H20NO3PS. The van der Waals surface area contributed by atoms with Gasteiger partial charge < -0.3 is 9.26 Å². The quantitative estimate of drug-likeness (QED) is 0.786. The van der Waals surface area contributed by atoms with Crippen molar-refractivity contribution in [3.8, 4) is 5.75 Å². The molecule has 122 valence electrons. The lowest BCUT2D eigenvalue weighted by atomic mass is 10.2. The van der Waals surface area contributed by atoms with Gasteiger partial charge >= 0.3 is 7.52 Å². The fraction of sp³-hybridized carbons (Fsp3) is 0.294. The van der Waals surface area contributed by atoms with Crippen LogP contribution in [0.5, 0.6) is 5.75 Å². The third-order valence-electron chi connectivity index (χ3n) is 3.93. The van der Waals surface area contributed by atoms with Crippen LogP contribution in [-0.2, 0) is 15.6 Å². The van der Waals surface area contributed by atoms with Crippen LogP contribution in [0.2, 0.25) is 0 Å². The van der Waals surface area contributed by atoms with E-state index in [2.05, 4.69) is 6.07 Å². The Morgan fingerprint density at radius 3 is 2.61 bits per heavy atom. The summed E-state index contributed by atoms with van der Waals surface area (Å²) in [5, 5.41) is 0.735. The maximum atomic E-state index is 13.5. The van der Waals surface area contributed by atoms with Gasteiger partial charge in [0.05, 0.1) is 12.4 Å². The SMILES string of the molecule is COc1ccc2c(c1)CN([P@](=O)(OC)c1ccccc1)CCS2. The van der Waals surface area contributed by atoms with Crippen molar-refractivity contribution in [2.45, 2.75) is 11.4 Å². The monoisotopic (exact) mass is 349 g/mol. The first-order valence-corrected chi connectivity index (χ1v) is 10.0. The second kappa shape index (κ2) is 7.10. The van der Waals surface area contributed by atoms with E-state index in [0.29, 0.717) is 13.1 Å². The maximum Gasteiger partial charge on any atom is 0.302 e. The lowest BCUT2D eigenvalue weighted by Crippen LogP contribution is -2.28. The zero-order valence-corrected chi connectivity index (χ0v) is 15.0. The molecule has 23 heavy (non-hydrogen) atoms. The average molecular weight is 349 g/mol. The summed E-state index contributed by atoms with van der Waals surface area (Å²) in [5.74, 6) is 1.69. The largest absolute Gasteiger partial charge is 0.497 e. The molecule has 0 saturated carbocycles. The molecule has 0 saturated heterocycles. The topological polar surface area (TPSA) is 38.8 Å². The summed E-state index contributed by atoms with van der Waals surface area (Å²) >= 11 is 1.78. The second-order valence-electron chi connectivity index (χ2n) is 5.25. The highest BCUT2D eigenvalue weighted by atomic mass is 32.2. The van der Waals surface area contributed by atoms with Gasteiger partial charge in [0.1, 0.15) is 5.75 Å². The number of fused-ring (bicyclic) bond motifs is 1. The summed E-state index contributed by atoms with van der Waals surface area (Å²) in [5.41, 5.74) is 1.13. The summed E-state index contributed by atoms with van der Waals surface area (Å²) in [4.78, 5) is 1.21. The molecule has 1 aliphatic rings. The molecule has 1 atom stereocenters. The van der Waals surface area contributed by atoms with E-state index in [1.54, 1.807) is 18.9 Å². The van der Waals surface area contributed by atoms with Gasteiger partial charge in [0.25, 0.3) is 0 Å². The van der Waals surface area contributed by atoms with E-state index in [1.165, 1.54) is 12.0 Å². The Hall–Kier alpha value is -1.26. The Morgan fingerprint density at radius 2 is 1.91 bits per heavy atom. The summed E-state index contributed by atoms with van der Waals surface area (Å²) in [6.45, 7) is 1.29. The number of hydrogen-bond donors (Lipinski definition) is 0. The molecule has 2 aromatic rings. The Balaban J connectivity index is 1.97. The molecule has 0 amide bonds. The molecule has 6 heteroatoms. The molecule has 0 unspecified atom stereocenters. The van der Waals surface area contributed by atoms with Crippen LogP contribution < -0.4 is 10.0 Å². The molecule has 0 aliphatic carbocycles. The minimum absolute atomic E-state index is 0.583. The van der Waals surface area contributed by atoms with Crippen LogP contribution in [0, 0.1) is 0 Å². The van der Waals surface area contributed by atoms with Gasteiger partial charge in [-0.2, -0.15) is 0 Å². The third-order valence-corrected chi connectivity index (χ3v) is 7.56. The van der Waals surface area contributed by atoms with E-state index in [4.69, 9.17) is 9.26 Å². The second-order valence-corrected chi connectivity index (χ2v) is 8.87. The highest BCUT2D eigenvalue weighted by Crippen LogP contribution is 2.51. The first kappa shape index (κ1) is 16.6. The van der Waals surface area contributed by atoms with E-state index in [0.717, 1.165) is 22.4 Å². The van der Waals surface area contributed by atoms with Crippen molar-refractivity contribution in [3.05, 3.63) is 54.1 Å². The number of rotatable bonds is 4. The van der Waals surface area contributed by atoms with Gasteiger partial charge in [0, 0.05) is 30.8 Å². The van der Waals surface area contributed by atoms with Gasteiger partial charge in [0.15, 0.2) is 0 Å². The number of thioether (sulfide) groups is 1. The van der Waals surface area contributed by atoms with Crippen molar-refractivity contribution >= 4 is 24.6 Å². The zero-order chi connectivity index (χ0) is 16.3. The van der Waals surface area contributed by atoms with Crippen LogP contribution in [-0.4, -0.2) is 31.2 Å². The highest BCUT2D eigenvalue weighted by molar-refractivity contribution is 7.99. The van der Waals surface area contributed by atoms with Crippen LogP contribution in [0.15, 0.2) is 53.4 Å². The van der Waals surface area contributed by atoms with Crippen LogP contribution in [0.3, 0.4) is 0 Å². The van der Waals surface area contributed by atoms with Crippen LogP contribution in [0.1, 0.15) is 5.56 Å². The Labute approximate surface area is 141 Å². The number of hydrogen-bond acceptors (Lipinski definition) is 4. The van der Waals surface area contributed by atoms with Gasteiger partial charge in [-0.1, -0.05) is 18.2 Å². The van der Waals surface area contributed by atoms with Gasteiger partial charge in [-0.3, -0.25) is 4.57 Å². The number of benzene rings is 2. The van der Waals surface area contributed by atoms with Gasteiger partial charge in [-0.25, -0.2) is 4.67 Å². The molecule has 0 spiro atoms. The van der Waals surface area contributed by atoms with Crippen molar-refractivity contribution in [1.29, 1.82) is 0 Å². The third kappa shape index (κ3) is 3.33. The van der Waals surface area contributed by atoms with E-state index < -0.39 is 7.52 Å². The highest BCUT2D eigenvalue weighted by Gasteiger charge is 2.34.